The lowest BCUT2D eigenvalue weighted by molar-refractivity contribution is -0.161. The standard InChI is InChI=1S/C57H110O17P2/c1-6-10-13-16-19-22-25-31-36-41-55(60)68-47-53(74-57(62)43-38-33-28-27-29-34-39-50(5)9-4)49-72-76(65,66)70-45-51(58)44-69-75(63,64)71-48-52(46-67-54(59)40-35-30-24-21-18-15-12-8-3)73-56(61)42-37-32-26-23-20-17-14-11-7-2/h50-53,58H,6-49H2,1-5H3,(H,63,64)(H,65,66)/t50?,51-,52+,53+/m0/s1. The average Bonchev–Trinajstić information content (AvgIpc) is 3.39. The van der Waals surface area contributed by atoms with Crippen LogP contribution in [0, 0.1) is 5.92 Å². The van der Waals surface area contributed by atoms with Crippen molar-refractivity contribution in [1.29, 1.82) is 0 Å². The van der Waals surface area contributed by atoms with Crippen LogP contribution in [0.5, 0.6) is 0 Å². The summed E-state index contributed by atoms with van der Waals surface area (Å²) in [5.41, 5.74) is 0. The van der Waals surface area contributed by atoms with Crippen LogP contribution >= 0.6 is 15.6 Å². The van der Waals surface area contributed by atoms with Crippen LogP contribution in [0.4, 0.5) is 0 Å². The molecule has 6 atom stereocenters. The van der Waals surface area contributed by atoms with E-state index in [-0.39, 0.29) is 25.7 Å². The zero-order valence-electron chi connectivity index (χ0n) is 48.4. The van der Waals surface area contributed by atoms with Gasteiger partial charge in [-0.1, -0.05) is 227 Å². The molecule has 0 saturated carbocycles. The number of phosphoric acid groups is 2. The van der Waals surface area contributed by atoms with E-state index < -0.39 is 97.5 Å². The molecular weight excluding hydrogens is 1020 g/mol. The lowest BCUT2D eigenvalue weighted by Gasteiger charge is -2.21. The van der Waals surface area contributed by atoms with Crippen LogP contribution in [0.15, 0.2) is 0 Å². The maximum Gasteiger partial charge on any atom is 0.472 e. The number of unbranched alkanes of at least 4 members (excludes halogenated alkanes) is 28. The van der Waals surface area contributed by atoms with Gasteiger partial charge in [0.2, 0.25) is 0 Å². The molecule has 0 aromatic heterocycles. The summed E-state index contributed by atoms with van der Waals surface area (Å²) in [6.07, 6.45) is 32.2. The Labute approximate surface area is 460 Å². The third-order valence-corrected chi connectivity index (χ3v) is 15.3. The molecule has 0 heterocycles. The van der Waals surface area contributed by atoms with Crippen LogP contribution in [0.25, 0.3) is 0 Å². The Hall–Kier alpha value is -1.94. The molecule has 0 aromatic carbocycles. The minimum absolute atomic E-state index is 0.103. The highest BCUT2D eigenvalue weighted by molar-refractivity contribution is 7.47. The van der Waals surface area contributed by atoms with E-state index in [1.54, 1.807) is 0 Å². The number of aliphatic hydroxyl groups is 1. The normalized spacial score (nSPS) is 14.8. The Morgan fingerprint density at radius 1 is 0.368 bits per heavy atom. The highest BCUT2D eigenvalue weighted by atomic mass is 31.2. The van der Waals surface area contributed by atoms with Crippen molar-refractivity contribution in [2.24, 2.45) is 5.92 Å². The largest absolute Gasteiger partial charge is 0.472 e. The Morgan fingerprint density at radius 2 is 0.632 bits per heavy atom. The number of aliphatic hydroxyl groups excluding tert-OH is 1. The van der Waals surface area contributed by atoms with Gasteiger partial charge in [0.25, 0.3) is 0 Å². The first-order valence-corrected chi connectivity index (χ1v) is 33.2. The molecular formula is C57H110O17P2. The highest BCUT2D eigenvalue weighted by Crippen LogP contribution is 2.45. The zero-order chi connectivity index (χ0) is 56.4. The molecule has 19 heteroatoms. The SMILES string of the molecule is CCCCCCCCCCCC(=O)OC[C@H](COP(=O)(O)OC[C@@H](O)COP(=O)(O)OC[C@@H](COC(=O)CCCCCCCCCC)OC(=O)CCCCCCCCCCC)OC(=O)CCCCCCCCC(C)CC. The molecule has 3 unspecified atom stereocenters. The van der Waals surface area contributed by atoms with Gasteiger partial charge >= 0.3 is 39.5 Å². The molecule has 0 amide bonds. The van der Waals surface area contributed by atoms with Crippen molar-refractivity contribution in [3.8, 4) is 0 Å². The van der Waals surface area contributed by atoms with Gasteiger partial charge in [-0.2, -0.15) is 0 Å². The fraction of sp³-hybridized carbons (Fsp3) is 0.930. The van der Waals surface area contributed by atoms with Crippen molar-refractivity contribution in [1.82, 2.24) is 0 Å². The topological polar surface area (TPSA) is 237 Å². The van der Waals surface area contributed by atoms with Crippen LogP contribution in [0.2, 0.25) is 0 Å². The third kappa shape index (κ3) is 50.3. The Bertz CT molecular complexity index is 1500. The smallest absolute Gasteiger partial charge is 0.462 e. The summed E-state index contributed by atoms with van der Waals surface area (Å²) in [5.74, 6) is -1.43. The second-order valence-electron chi connectivity index (χ2n) is 20.9. The van der Waals surface area contributed by atoms with Crippen LogP contribution in [-0.2, 0) is 65.4 Å². The average molecular weight is 1130 g/mol. The molecule has 0 bridgehead atoms. The maximum absolute atomic E-state index is 12.9. The second-order valence-corrected chi connectivity index (χ2v) is 23.8. The van der Waals surface area contributed by atoms with E-state index in [1.807, 2.05) is 0 Å². The summed E-state index contributed by atoms with van der Waals surface area (Å²) in [6.45, 7) is 7.03. The number of ether oxygens (including phenoxy) is 4. The molecule has 0 radical (unpaired) electrons. The van der Waals surface area contributed by atoms with Crippen molar-refractivity contribution in [3.63, 3.8) is 0 Å². The van der Waals surface area contributed by atoms with E-state index in [2.05, 4.69) is 34.6 Å². The Balaban J connectivity index is 5.22. The molecule has 0 rings (SSSR count). The van der Waals surface area contributed by atoms with E-state index in [0.717, 1.165) is 102 Å². The first-order chi connectivity index (χ1) is 36.6. The fourth-order valence-corrected chi connectivity index (χ4v) is 9.89. The number of carbonyl (C=O) groups is 4. The lowest BCUT2D eigenvalue weighted by atomic mass is 10.00. The molecule has 17 nitrogen and oxygen atoms in total. The number of phosphoric ester groups is 2. The minimum Gasteiger partial charge on any atom is -0.462 e. The summed E-state index contributed by atoms with van der Waals surface area (Å²) in [7, 11) is -9.86. The van der Waals surface area contributed by atoms with Gasteiger partial charge in [-0.15, -0.1) is 0 Å². The van der Waals surface area contributed by atoms with Gasteiger partial charge in [0.1, 0.15) is 19.3 Å². The van der Waals surface area contributed by atoms with Gasteiger partial charge in [0.15, 0.2) is 12.2 Å². The summed E-state index contributed by atoms with van der Waals surface area (Å²) in [5, 5.41) is 10.5. The van der Waals surface area contributed by atoms with Crippen LogP contribution in [0.1, 0.15) is 279 Å². The van der Waals surface area contributed by atoms with Gasteiger partial charge in [0, 0.05) is 25.7 Å². The van der Waals surface area contributed by atoms with Crippen molar-refractivity contribution < 1.29 is 80.2 Å². The molecule has 0 saturated heterocycles. The van der Waals surface area contributed by atoms with Crippen molar-refractivity contribution in [2.45, 2.75) is 297 Å². The maximum atomic E-state index is 12.9. The second kappa shape index (κ2) is 51.2. The number of carbonyl (C=O) groups excluding carboxylic acids is 4. The predicted octanol–water partition coefficient (Wildman–Crippen LogP) is 15.1. The molecule has 0 aromatic rings. The van der Waals surface area contributed by atoms with Crippen molar-refractivity contribution in [2.75, 3.05) is 39.6 Å². The predicted molar refractivity (Wildman–Crippen MR) is 298 cm³/mol. The Kier molecular flexibility index (Phi) is 49.9. The molecule has 450 valence electrons. The third-order valence-electron chi connectivity index (χ3n) is 13.4. The van der Waals surface area contributed by atoms with Gasteiger partial charge < -0.3 is 33.8 Å². The molecule has 0 aliphatic heterocycles. The van der Waals surface area contributed by atoms with Crippen LogP contribution in [0.3, 0.4) is 0 Å². The molecule has 3 N–H and O–H groups in total. The summed E-state index contributed by atoms with van der Waals surface area (Å²) >= 11 is 0. The first-order valence-electron chi connectivity index (χ1n) is 30.2. The molecule has 0 aliphatic carbocycles. The monoisotopic (exact) mass is 1130 g/mol. The van der Waals surface area contributed by atoms with E-state index in [4.69, 9.17) is 37.0 Å². The van der Waals surface area contributed by atoms with Gasteiger partial charge in [-0.3, -0.25) is 37.3 Å². The van der Waals surface area contributed by atoms with Crippen LogP contribution in [-0.4, -0.2) is 96.7 Å². The van der Waals surface area contributed by atoms with E-state index in [0.29, 0.717) is 25.7 Å². The van der Waals surface area contributed by atoms with Gasteiger partial charge in [-0.05, 0) is 31.6 Å². The summed E-state index contributed by atoms with van der Waals surface area (Å²) < 4.78 is 67.5. The van der Waals surface area contributed by atoms with E-state index >= 15 is 0 Å². The van der Waals surface area contributed by atoms with Crippen molar-refractivity contribution >= 4 is 39.5 Å². The fourth-order valence-electron chi connectivity index (χ4n) is 8.31. The molecule has 0 fully saturated rings. The Morgan fingerprint density at radius 3 is 0.934 bits per heavy atom. The first kappa shape index (κ1) is 74.1. The van der Waals surface area contributed by atoms with Gasteiger partial charge in [0.05, 0.1) is 26.4 Å². The minimum atomic E-state index is -4.93. The summed E-state index contributed by atoms with van der Waals surface area (Å²) in [6, 6.07) is 0. The van der Waals surface area contributed by atoms with E-state index in [1.165, 1.54) is 96.3 Å². The number of esters is 4. The number of hydrogen-bond acceptors (Lipinski definition) is 15. The number of hydrogen-bond donors (Lipinski definition) is 3. The number of rotatable bonds is 57. The van der Waals surface area contributed by atoms with E-state index in [9.17, 15) is 43.2 Å². The lowest BCUT2D eigenvalue weighted by Crippen LogP contribution is -2.30. The van der Waals surface area contributed by atoms with Gasteiger partial charge in [-0.25, -0.2) is 9.13 Å². The van der Waals surface area contributed by atoms with Crippen molar-refractivity contribution in [3.05, 3.63) is 0 Å². The molecule has 76 heavy (non-hydrogen) atoms. The quantitative estimate of drug-likeness (QED) is 0.0222. The zero-order valence-corrected chi connectivity index (χ0v) is 50.2. The molecule has 0 spiro atoms. The summed E-state index contributed by atoms with van der Waals surface area (Å²) in [4.78, 5) is 71.7. The van der Waals surface area contributed by atoms with Crippen LogP contribution < -0.4 is 0 Å². The molecule has 0 aliphatic rings. The highest BCUT2D eigenvalue weighted by Gasteiger charge is 2.30.